The van der Waals surface area contributed by atoms with Crippen LogP contribution in [0.4, 0.5) is 0 Å². The van der Waals surface area contributed by atoms with Crippen LogP contribution in [0, 0.1) is 5.92 Å². The molecular formula is C14H25NO2. The molecule has 3 heteroatoms. The van der Waals surface area contributed by atoms with E-state index < -0.39 is 0 Å². The molecule has 1 rings (SSSR count). The van der Waals surface area contributed by atoms with Gasteiger partial charge in [0.05, 0.1) is 0 Å². The fourth-order valence-corrected chi connectivity index (χ4v) is 2.65. The molecule has 0 aromatic rings. The van der Waals surface area contributed by atoms with Crippen LogP contribution >= 0.6 is 0 Å². The van der Waals surface area contributed by atoms with Crippen LogP contribution in [0.3, 0.4) is 0 Å². The highest BCUT2D eigenvalue weighted by molar-refractivity contribution is 5.78. The molecule has 0 aromatic carbocycles. The third kappa shape index (κ3) is 4.14. The predicted molar refractivity (Wildman–Crippen MR) is 68.7 cm³/mol. The molecule has 0 spiro atoms. The number of nitrogens with zero attached hydrogens (tertiary/aromatic N) is 1. The van der Waals surface area contributed by atoms with Crippen molar-refractivity contribution >= 4 is 11.7 Å². The predicted octanol–water partition coefficient (Wildman–Crippen LogP) is 2.78. The van der Waals surface area contributed by atoms with Crippen molar-refractivity contribution in [3.8, 4) is 0 Å². The molecule has 0 bridgehead atoms. The summed E-state index contributed by atoms with van der Waals surface area (Å²) < 4.78 is 0. The van der Waals surface area contributed by atoms with Crippen LogP contribution in [0.2, 0.25) is 0 Å². The minimum atomic E-state index is 0.219. The molecule has 0 saturated carbocycles. The zero-order valence-electron chi connectivity index (χ0n) is 11.4. The molecule has 17 heavy (non-hydrogen) atoms. The molecule has 3 nitrogen and oxygen atoms in total. The van der Waals surface area contributed by atoms with Crippen molar-refractivity contribution in [1.29, 1.82) is 0 Å². The third-order valence-corrected chi connectivity index (χ3v) is 3.88. The number of carbonyl (C=O) groups excluding carboxylic acids is 2. The van der Waals surface area contributed by atoms with Gasteiger partial charge in [0, 0.05) is 24.9 Å². The van der Waals surface area contributed by atoms with Gasteiger partial charge in [-0.2, -0.15) is 0 Å². The molecule has 98 valence electrons. The van der Waals surface area contributed by atoms with Crippen LogP contribution in [0.1, 0.15) is 59.3 Å². The summed E-state index contributed by atoms with van der Waals surface area (Å²) in [5.74, 6) is 0.824. The number of carbonyl (C=O) groups is 2. The average molecular weight is 239 g/mol. The number of ketones is 1. The Morgan fingerprint density at radius 1 is 1.41 bits per heavy atom. The van der Waals surface area contributed by atoms with Crippen molar-refractivity contribution in [2.24, 2.45) is 5.92 Å². The van der Waals surface area contributed by atoms with Crippen molar-refractivity contribution in [1.82, 2.24) is 4.90 Å². The Bertz CT molecular complexity index is 275. The van der Waals surface area contributed by atoms with E-state index in [-0.39, 0.29) is 5.92 Å². The van der Waals surface area contributed by atoms with Gasteiger partial charge in [-0.3, -0.25) is 9.59 Å². The van der Waals surface area contributed by atoms with Gasteiger partial charge in [0.1, 0.15) is 5.78 Å². The molecule has 0 N–H and O–H groups in total. The first-order valence-electron chi connectivity index (χ1n) is 6.86. The lowest BCUT2D eigenvalue weighted by molar-refractivity contribution is -0.129. The van der Waals surface area contributed by atoms with E-state index in [0.717, 1.165) is 45.1 Å². The van der Waals surface area contributed by atoms with Gasteiger partial charge in [0.25, 0.3) is 0 Å². The first kappa shape index (κ1) is 14.2. The standard InChI is InChI=1S/C14H25NO2/c1-4-13(12(3)16)8-5-7-11(2)15-10-6-9-14(15)17/h11,13H,4-10H2,1-3H3. The van der Waals surface area contributed by atoms with E-state index in [1.54, 1.807) is 6.92 Å². The quantitative estimate of drug-likeness (QED) is 0.685. The van der Waals surface area contributed by atoms with Gasteiger partial charge < -0.3 is 4.90 Å². The van der Waals surface area contributed by atoms with E-state index in [4.69, 9.17) is 0 Å². The SMILES string of the molecule is CCC(CCCC(C)N1CCCC1=O)C(C)=O. The monoisotopic (exact) mass is 239 g/mol. The van der Waals surface area contributed by atoms with Gasteiger partial charge in [0.15, 0.2) is 0 Å². The molecule has 0 aliphatic carbocycles. The van der Waals surface area contributed by atoms with E-state index in [1.165, 1.54) is 0 Å². The fraction of sp³-hybridized carbons (Fsp3) is 0.857. The molecule has 1 heterocycles. The summed E-state index contributed by atoms with van der Waals surface area (Å²) in [7, 11) is 0. The molecular weight excluding hydrogens is 214 g/mol. The Balaban J connectivity index is 2.26. The zero-order valence-corrected chi connectivity index (χ0v) is 11.4. The highest BCUT2D eigenvalue weighted by Gasteiger charge is 2.24. The van der Waals surface area contributed by atoms with Crippen LogP contribution in [-0.4, -0.2) is 29.2 Å². The Hall–Kier alpha value is -0.860. The molecule has 1 saturated heterocycles. The largest absolute Gasteiger partial charge is 0.340 e. The molecule has 2 unspecified atom stereocenters. The second-order valence-electron chi connectivity index (χ2n) is 5.19. The molecule has 0 radical (unpaired) electrons. The number of likely N-dealkylation sites (tertiary alicyclic amines) is 1. The Morgan fingerprint density at radius 2 is 2.12 bits per heavy atom. The zero-order chi connectivity index (χ0) is 12.8. The van der Waals surface area contributed by atoms with E-state index >= 15 is 0 Å². The summed E-state index contributed by atoms with van der Waals surface area (Å²) in [6.45, 7) is 6.79. The minimum absolute atomic E-state index is 0.219. The molecule has 1 aliphatic heterocycles. The Labute approximate surface area is 105 Å². The van der Waals surface area contributed by atoms with Gasteiger partial charge in [0.2, 0.25) is 5.91 Å². The number of hydrogen-bond donors (Lipinski definition) is 0. The van der Waals surface area contributed by atoms with Crippen molar-refractivity contribution in [3.05, 3.63) is 0 Å². The second-order valence-corrected chi connectivity index (χ2v) is 5.19. The summed E-state index contributed by atoms with van der Waals surface area (Å²) >= 11 is 0. The molecule has 0 aromatic heterocycles. The Kier molecular flexibility index (Phi) is 5.66. The van der Waals surface area contributed by atoms with E-state index in [0.29, 0.717) is 17.7 Å². The summed E-state index contributed by atoms with van der Waals surface area (Å²) in [5, 5.41) is 0. The van der Waals surface area contributed by atoms with Gasteiger partial charge >= 0.3 is 0 Å². The molecule has 1 aliphatic rings. The lowest BCUT2D eigenvalue weighted by Gasteiger charge is -2.24. The summed E-state index contributed by atoms with van der Waals surface area (Å²) in [4.78, 5) is 24.8. The van der Waals surface area contributed by atoms with Crippen molar-refractivity contribution in [2.45, 2.75) is 65.3 Å². The summed E-state index contributed by atoms with van der Waals surface area (Å²) in [5.41, 5.74) is 0. The highest BCUT2D eigenvalue weighted by Crippen LogP contribution is 2.19. The van der Waals surface area contributed by atoms with E-state index in [2.05, 4.69) is 13.8 Å². The smallest absolute Gasteiger partial charge is 0.222 e. The maximum Gasteiger partial charge on any atom is 0.222 e. The number of amides is 1. The second kappa shape index (κ2) is 6.77. The topological polar surface area (TPSA) is 37.4 Å². The van der Waals surface area contributed by atoms with Crippen molar-refractivity contribution in [2.75, 3.05) is 6.54 Å². The van der Waals surface area contributed by atoms with E-state index in [1.807, 2.05) is 4.90 Å². The van der Waals surface area contributed by atoms with Gasteiger partial charge in [-0.25, -0.2) is 0 Å². The maximum atomic E-state index is 11.5. The van der Waals surface area contributed by atoms with Crippen LogP contribution in [0.15, 0.2) is 0 Å². The lowest BCUT2D eigenvalue weighted by atomic mass is 9.94. The molecule has 1 fully saturated rings. The average Bonchev–Trinajstić information content (AvgIpc) is 2.70. The van der Waals surface area contributed by atoms with E-state index in [9.17, 15) is 9.59 Å². The summed E-state index contributed by atoms with van der Waals surface area (Å²) in [6, 6.07) is 0.342. The van der Waals surface area contributed by atoms with Gasteiger partial charge in [-0.15, -0.1) is 0 Å². The first-order valence-corrected chi connectivity index (χ1v) is 6.86. The normalized spacial score (nSPS) is 19.5. The number of Topliss-reactive ketones (excluding diaryl/α,β-unsaturated/α-hetero) is 1. The lowest BCUT2D eigenvalue weighted by Crippen LogP contribution is -2.34. The molecule has 1 amide bonds. The van der Waals surface area contributed by atoms with Crippen LogP contribution < -0.4 is 0 Å². The Morgan fingerprint density at radius 3 is 2.59 bits per heavy atom. The van der Waals surface area contributed by atoms with Crippen LogP contribution in [0.25, 0.3) is 0 Å². The van der Waals surface area contributed by atoms with Crippen molar-refractivity contribution in [3.63, 3.8) is 0 Å². The maximum absolute atomic E-state index is 11.5. The minimum Gasteiger partial charge on any atom is -0.340 e. The highest BCUT2D eigenvalue weighted by atomic mass is 16.2. The van der Waals surface area contributed by atoms with Gasteiger partial charge in [-0.05, 0) is 39.5 Å². The van der Waals surface area contributed by atoms with Crippen molar-refractivity contribution < 1.29 is 9.59 Å². The number of rotatable bonds is 7. The third-order valence-electron chi connectivity index (χ3n) is 3.88. The first-order chi connectivity index (χ1) is 8.06. The number of hydrogen-bond acceptors (Lipinski definition) is 2. The van der Waals surface area contributed by atoms with Gasteiger partial charge in [-0.1, -0.05) is 13.3 Å². The molecule has 2 atom stereocenters. The van der Waals surface area contributed by atoms with Crippen LogP contribution in [0.5, 0.6) is 0 Å². The fourth-order valence-electron chi connectivity index (χ4n) is 2.65. The van der Waals surface area contributed by atoms with Crippen LogP contribution in [-0.2, 0) is 9.59 Å². The summed E-state index contributed by atoms with van der Waals surface area (Å²) in [6.07, 6.45) is 5.70.